The Bertz CT molecular complexity index is 570. The number of amides is 1. The van der Waals surface area contributed by atoms with Gasteiger partial charge in [0.2, 0.25) is 5.13 Å². The lowest BCUT2D eigenvalue weighted by atomic mass is 10.2. The van der Waals surface area contributed by atoms with Crippen molar-refractivity contribution in [2.24, 2.45) is 0 Å². The molecule has 0 bridgehead atoms. The number of benzene rings is 1. The lowest BCUT2D eigenvalue weighted by Gasteiger charge is -2.03. The number of anilines is 1. The lowest BCUT2D eigenvalue weighted by molar-refractivity contribution is 0.102. The van der Waals surface area contributed by atoms with Crippen molar-refractivity contribution in [3.05, 3.63) is 34.6 Å². The van der Waals surface area contributed by atoms with E-state index < -0.39 is 11.7 Å². The van der Waals surface area contributed by atoms with E-state index in [2.05, 4.69) is 15.5 Å². The van der Waals surface area contributed by atoms with Crippen molar-refractivity contribution in [1.82, 2.24) is 10.2 Å². The first kappa shape index (κ1) is 11.5. The first-order chi connectivity index (χ1) is 8.06. The molecule has 0 unspecified atom stereocenters. The Morgan fingerprint density at radius 3 is 2.88 bits per heavy atom. The molecule has 88 valence electrons. The monoisotopic (exact) mass is 253 g/mol. The number of carbonyl (C=O) groups is 1. The van der Waals surface area contributed by atoms with Gasteiger partial charge in [-0.1, -0.05) is 11.3 Å². The van der Waals surface area contributed by atoms with Gasteiger partial charge in [0, 0.05) is 0 Å². The number of phenolic OH excluding ortho intramolecular Hbond substituents is 1. The highest BCUT2D eigenvalue weighted by Crippen LogP contribution is 2.20. The molecular weight excluding hydrogens is 245 g/mol. The second-order valence-electron chi connectivity index (χ2n) is 3.24. The average Bonchev–Trinajstić information content (AvgIpc) is 2.67. The number of nitrogens with zero attached hydrogens (tertiary/aromatic N) is 2. The molecule has 1 heterocycles. The Labute approximate surface area is 99.9 Å². The SMILES string of the molecule is Cc1nnc(NC(=O)c2cc(F)ccc2O)s1. The van der Waals surface area contributed by atoms with E-state index in [9.17, 15) is 14.3 Å². The Balaban J connectivity index is 2.22. The van der Waals surface area contributed by atoms with E-state index in [1.165, 1.54) is 11.3 Å². The van der Waals surface area contributed by atoms with Crippen LogP contribution >= 0.6 is 11.3 Å². The van der Waals surface area contributed by atoms with Crippen molar-refractivity contribution in [2.45, 2.75) is 6.92 Å². The van der Waals surface area contributed by atoms with E-state index in [-0.39, 0.29) is 11.3 Å². The highest BCUT2D eigenvalue weighted by Gasteiger charge is 2.14. The third-order valence-corrected chi connectivity index (χ3v) is 2.70. The summed E-state index contributed by atoms with van der Waals surface area (Å²) >= 11 is 1.19. The minimum absolute atomic E-state index is 0.141. The fourth-order valence-corrected chi connectivity index (χ4v) is 1.79. The van der Waals surface area contributed by atoms with Crippen LogP contribution in [0.3, 0.4) is 0 Å². The number of rotatable bonds is 2. The van der Waals surface area contributed by atoms with Gasteiger partial charge in [-0.25, -0.2) is 4.39 Å². The zero-order valence-corrected chi connectivity index (χ0v) is 9.58. The number of nitrogens with one attached hydrogen (secondary N) is 1. The van der Waals surface area contributed by atoms with Crippen LogP contribution in [0, 0.1) is 12.7 Å². The summed E-state index contributed by atoms with van der Waals surface area (Å²) < 4.78 is 12.9. The van der Waals surface area contributed by atoms with Crippen molar-refractivity contribution < 1.29 is 14.3 Å². The molecule has 2 aromatic rings. The second-order valence-corrected chi connectivity index (χ2v) is 4.42. The molecule has 0 fully saturated rings. The van der Waals surface area contributed by atoms with Gasteiger partial charge in [-0.3, -0.25) is 10.1 Å². The molecule has 2 N–H and O–H groups in total. The first-order valence-corrected chi connectivity index (χ1v) is 5.48. The van der Waals surface area contributed by atoms with Gasteiger partial charge in [-0.15, -0.1) is 10.2 Å². The van der Waals surface area contributed by atoms with Crippen LogP contribution in [0.15, 0.2) is 18.2 Å². The number of phenols is 1. The fourth-order valence-electron chi connectivity index (χ4n) is 1.20. The summed E-state index contributed by atoms with van der Waals surface area (Å²) in [4.78, 5) is 11.7. The van der Waals surface area contributed by atoms with Crippen molar-refractivity contribution >= 4 is 22.4 Å². The predicted molar refractivity (Wildman–Crippen MR) is 60.7 cm³/mol. The Hall–Kier alpha value is -2.02. The van der Waals surface area contributed by atoms with Gasteiger partial charge in [-0.2, -0.15) is 0 Å². The Kier molecular flexibility index (Phi) is 3.01. The second kappa shape index (κ2) is 4.46. The summed E-state index contributed by atoms with van der Waals surface area (Å²) in [6.07, 6.45) is 0. The molecule has 0 aliphatic carbocycles. The quantitative estimate of drug-likeness (QED) is 0.857. The zero-order chi connectivity index (χ0) is 12.4. The normalized spacial score (nSPS) is 10.2. The minimum Gasteiger partial charge on any atom is -0.507 e. The van der Waals surface area contributed by atoms with Crippen LogP contribution in [-0.2, 0) is 0 Å². The maximum absolute atomic E-state index is 12.9. The van der Waals surface area contributed by atoms with Gasteiger partial charge in [0.05, 0.1) is 5.56 Å². The van der Waals surface area contributed by atoms with E-state index in [4.69, 9.17) is 0 Å². The van der Waals surface area contributed by atoms with Crippen LogP contribution in [0.25, 0.3) is 0 Å². The standard InChI is InChI=1S/C10H8FN3O2S/c1-5-13-14-10(17-5)12-9(16)7-4-6(11)2-3-8(7)15/h2-4,15H,1H3,(H,12,14,16). The molecule has 7 heteroatoms. The van der Waals surface area contributed by atoms with Gasteiger partial charge < -0.3 is 5.11 Å². The van der Waals surface area contributed by atoms with E-state index in [0.717, 1.165) is 18.2 Å². The van der Waals surface area contributed by atoms with Crippen molar-refractivity contribution in [3.63, 3.8) is 0 Å². The number of hydrogen-bond acceptors (Lipinski definition) is 5. The molecule has 0 aliphatic rings. The number of aryl methyl sites for hydroxylation is 1. The molecule has 0 spiro atoms. The molecule has 1 amide bonds. The van der Waals surface area contributed by atoms with Crippen molar-refractivity contribution in [3.8, 4) is 5.75 Å². The largest absolute Gasteiger partial charge is 0.507 e. The summed E-state index contributed by atoms with van der Waals surface area (Å²) in [5.74, 6) is -1.51. The third kappa shape index (κ3) is 2.56. The maximum Gasteiger partial charge on any atom is 0.261 e. The lowest BCUT2D eigenvalue weighted by Crippen LogP contribution is -2.12. The van der Waals surface area contributed by atoms with Crippen molar-refractivity contribution in [2.75, 3.05) is 5.32 Å². The molecule has 0 saturated carbocycles. The van der Waals surface area contributed by atoms with Crippen LogP contribution in [0.2, 0.25) is 0 Å². The van der Waals surface area contributed by atoms with E-state index in [1.807, 2.05) is 0 Å². The number of hydrogen-bond donors (Lipinski definition) is 2. The van der Waals surface area contributed by atoms with Crippen LogP contribution in [-0.4, -0.2) is 21.2 Å². The first-order valence-electron chi connectivity index (χ1n) is 4.66. The van der Waals surface area contributed by atoms with Crippen molar-refractivity contribution in [1.29, 1.82) is 0 Å². The van der Waals surface area contributed by atoms with Crippen LogP contribution < -0.4 is 5.32 Å². The number of aromatic nitrogens is 2. The zero-order valence-electron chi connectivity index (χ0n) is 8.77. The van der Waals surface area contributed by atoms with Gasteiger partial charge in [0.1, 0.15) is 16.6 Å². The van der Waals surface area contributed by atoms with E-state index >= 15 is 0 Å². The summed E-state index contributed by atoms with van der Waals surface area (Å²) in [5, 5.41) is 20.3. The molecule has 1 aromatic carbocycles. The van der Waals surface area contributed by atoms with Crippen LogP contribution in [0.5, 0.6) is 5.75 Å². The number of aromatic hydroxyl groups is 1. The summed E-state index contributed by atoms with van der Waals surface area (Å²) in [7, 11) is 0. The van der Waals surface area contributed by atoms with Crippen LogP contribution in [0.4, 0.5) is 9.52 Å². The van der Waals surface area contributed by atoms with E-state index in [1.54, 1.807) is 6.92 Å². The summed E-state index contributed by atoms with van der Waals surface area (Å²) in [5.41, 5.74) is -0.141. The number of halogens is 1. The maximum atomic E-state index is 12.9. The van der Waals surface area contributed by atoms with Gasteiger partial charge in [-0.05, 0) is 25.1 Å². The topological polar surface area (TPSA) is 75.1 Å². The molecule has 0 saturated heterocycles. The molecule has 0 atom stereocenters. The smallest absolute Gasteiger partial charge is 0.261 e. The van der Waals surface area contributed by atoms with Crippen LogP contribution in [0.1, 0.15) is 15.4 Å². The summed E-state index contributed by atoms with van der Waals surface area (Å²) in [6, 6.07) is 3.15. The van der Waals surface area contributed by atoms with Gasteiger partial charge >= 0.3 is 0 Å². The van der Waals surface area contributed by atoms with Gasteiger partial charge in [0.25, 0.3) is 5.91 Å². The third-order valence-electron chi connectivity index (χ3n) is 1.95. The molecule has 17 heavy (non-hydrogen) atoms. The molecular formula is C10H8FN3O2S. The Morgan fingerprint density at radius 1 is 1.47 bits per heavy atom. The van der Waals surface area contributed by atoms with Gasteiger partial charge in [0.15, 0.2) is 0 Å². The summed E-state index contributed by atoms with van der Waals surface area (Å²) in [6.45, 7) is 1.74. The molecule has 2 rings (SSSR count). The highest BCUT2D eigenvalue weighted by atomic mass is 32.1. The highest BCUT2D eigenvalue weighted by molar-refractivity contribution is 7.15. The Morgan fingerprint density at radius 2 is 2.24 bits per heavy atom. The van der Waals surface area contributed by atoms with E-state index in [0.29, 0.717) is 10.1 Å². The molecule has 0 aliphatic heterocycles. The fraction of sp³-hybridized carbons (Fsp3) is 0.100. The molecule has 1 aromatic heterocycles. The average molecular weight is 253 g/mol. The predicted octanol–water partition coefficient (Wildman–Crippen LogP) is 1.94. The molecule has 0 radical (unpaired) electrons. The molecule has 5 nitrogen and oxygen atoms in total. The minimum atomic E-state index is -0.627. The number of carbonyl (C=O) groups excluding carboxylic acids is 1.